The number of likely N-dealkylation sites (N-methyl/N-ethyl adjacent to an activating group) is 1. The molecule has 1 aromatic heterocycles. The van der Waals surface area contributed by atoms with Crippen molar-refractivity contribution in [1.29, 1.82) is 0 Å². The van der Waals surface area contributed by atoms with Crippen molar-refractivity contribution >= 4 is 15.9 Å². The fourth-order valence-electron chi connectivity index (χ4n) is 4.96. The first-order chi connectivity index (χ1) is 13.9. The van der Waals surface area contributed by atoms with Gasteiger partial charge in [-0.05, 0) is 32.0 Å². The molecule has 3 aliphatic rings. The zero-order valence-electron chi connectivity index (χ0n) is 17.0. The van der Waals surface area contributed by atoms with Crippen molar-refractivity contribution in [2.24, 2.45) is 0 Å². The van der Waals surface area contributed by atoms with Gasteiger partial charge in [-0.2, -0.15) is 4.31 Å². The first-order valence-corrected chi connectivity index (χ1v) is 11.5. The molecule has 9 nitrogen and oxygen atoms in total. The van der Waals surface area contributed by atoms with Crippen LogP contribution in [0, 0.1) is 0 Å². The van der Waals surface area contributed by atoms with Crippen molar-refractivity contribution in [3.8, 4) is 0 Å². The van der Waals surface area contributed by atoms with E-state index >= 15 is 0 Å². The van der Waals surface area contributed by atoms with Crippen LogP contribution in [0.25, 0.3) is 0 Å². The lowest BCUT2D eigenvalue weighted by Gasteiger charge is -2.50. The van der Waals surface area contributed by atoms with Crippen LogP contribution in [0.15, 0.2) is 29.4 Å². The predicted molar refractivity (Wildman–Crippen MR) is 107 cm³/mol. The number of methoxy groups -OCH3 is 1. The molecule has 0 bridgehead atoms. The van der Waals surface area contributed by atoms with Crippen molar-refractivity contribution in [2.45, 2.75) is 29.4 Å². The highest BCUT2D eigenvalue weighted by atomic mass is 32.2. The van der Waals surface area contributed by atoms with E-state index in [2.05, 4.69) is 14.8 Å². The fraction of sp³-hybridized carbons (Fsp3) is 0.684. The molecule has 1 amide bonds. The molecule has 160 valence electrons. The van der Waals surface area contributed by atoms with Crippen LogP contribution in [-0.2, 0) is 19.6 Å². The van der Waals surface area contributed by atoms with Gasteiger partial charge in [-0.15, -0.1) is 0 Å². The van der Waals surface area contributed by atoms with Gasteiger partial charge in [-0.1, -0.05) is 0 Å². The van der Waals surface area contributed by atoms with Gasteiger partial charge in [0, 0.05) is 58.8 Å². The van der Waals surface area contributed by atoms with Crippen LogP contribution in [0.1, 0.15) is 12.8 Å². The van der Waals surface area contributed by atoms with E-state index in [1.165, 1.54) is 10.5 Å². The first kappa shape index (κ1) is 20.7. The van der Waals surface area contributed by atoms with E-state index in [0.717, 1.165) is 13.1 Å². The van der Waals surface area contributed by atoms with E-state index in [4.69, 9.17) is 4.74 Å². The molecule has 0 saturated carbocycles. The van der Waals surface area contributed by atoms with Crippen molar-refractivity contribution < 1.29 is 17.9 Å². The van der Waals surface area contributed by atoms with Gasteiger partial charge in [-0.3, -0.25) is 14.7 Å². The number of aromatic nitrogens is 1. The minimum absolute atomic E-state index is 0.136. The van der Waals surface area contributed by atoms with E-state index in [-0.39, 0.29) is 16.8 Å². The average molecular weight is 424 g/mol. The molecule has 0 aliphatic carbocycles. The molecule has 4 heterocycles. The predicted octanol–water partition coefficient (Wildman–Crippen LogP) is -0.333. The lowest BCUT2D eigenvalue weighted by molar-refractivity contribution is -0.134. The second kappa shape index (κ2) is 7.92. The second-order valence-corrected chi connectivity index (χ2v) is 9.97. The maximum Gasteiger partial charge on any atom is 0.244 e. The summed E-state index contributed by atoms with van der Waals surface area (Å²) in [7, 11) is 0.0978. The highest BCUT2D eigenvalue weighted by Crippen LogP contribution is 2.42. The monoisotopic (exact) mass is 423 g/mol. The summed E-state index contributed by atoms with van der Waals surface area (Å²) in [6, 6.07) is 3.05. The summed E-state index contributed by atoms with van der Waals surface area (Å²) in [4.78, 5) is 23.8. The Morgan fingerprint density at radius 1 is 1.24 bits per heavy atom. The Balaban J connectivity index is 1.58. The number of ether oxygens (including phenoxy) is 1. The third-order valence-electron chi connectivity index (χ3n) is 6.49. The Bertz CT molecular complexity index is 841. The Hall–Kier alpha value is -1.59. The van der Waals surface area contributed by atoms with E-state index in [0.29, 0.717) is 45.6 Å². The first-order valence-electron chi connectivity index (χ1n) is 10.1. The summed E-state index contributed by atoms with van der Waals surface area (Å²) in [5.74, 6) is 0.136. The summed E-state index contributed by atoms with van der Waals surface area (Å²) < 4.78 is 32.8. The molecule has 29 heavy (non-hydrogen) atoms. The smallest absolute Gasteiger partial charge is 0.244 e. The highest BCUT2D eigenvalue weighted by Gasteiger charge is 2.58. The van der Waals surface area contributed by atoms with Gasteiger partial charge in [0.15, 0.2) is 0 Å². The van der Waals surface area contributed by atoms with Gasteiger partial charge in [-0.25, -0.2) is 8.42 Å². The van der Waals surface area contributed by atoms with Crippen LogP contribution >= 0.6 is 0 Å². The normalized spacial score (nSPS) is 26.2. The van der Waals surface area contributed by atoms with Gasteiger partial charge in [0.1, 0.15) is 10.9 Å². The minimum atomic E-state index is -3.58. The third kappa shape index (κ3) is 3.46. The van der Waals surface area contributed by atoms with Gasteiger partial charge < -0.3 is 14.5 Å². The zero-order chi connectivity index (χ0) is 20.6. The second-order valence-electron chi connectivity index (χ2n) is 8.03. The molecule has 3 aliphatic heterocycles. The number of sulfonamides is 1. The quantitative estimate of drug-likeness (QED) is 0.641. The topological polar surface area (TPSA) is 86.3 Å². The van der Waals surface area contributed by atoms with Crippen LogP contribution in [0.2, 0.25) is 0 Å². The summed E-state index contributed by atoms with van der Waals surface area (Å²) >= 11 is 0. The van der Waals surface area contributed by atoms with Gasteiger partial charge in [0.05, 0.1) is 12.3 Å². The molecular formula is C19H29N5O4S. The maximum absolute atomic E-state index is 13.2. The number of carbonyl (C=O) groups excluding carboxylic acids is 1. The summed E-state index contributed by atoms with van der Waals surface area (Å²) in [5.41, 5.74) is -0.428. The zero-order valence-corrected chi connectivity index (χ0v) is 17.8. The Labute approximate surface area is 172 Å². The number of fused-ring (bicyclic) bond motifs is 2. The molecule has 0 aromatic carbocycles. The van der Waals surface area contributed by atoms with E-state index < -0.39 is 15.7 Å². The molecule has 1 atom stereocenters. The van der Waals surface area contributed by atoms with Crippen LogP contribution in [-0.4, -0.2) is 110 Å². The van der Waals surface area contributed by atoms with E-state index in [1.807, 2.05) is 11.9 Å². The number of piperazine rings is 1. The number of amides is 1. The third-order valence-corrected chi connectivity index (χ3v) is 8.37. The molecule has 3 saturated heterocycles. The number of pyridine rings is 1. The average Bonchev–Trinajstić information content (AvgIpc) is 2.95. The molecule has 0 unspecified atom stereocenters. The molecule has 1 spiro atoms. The van der Waals surface area contributed by atoms with Crippen LogP contribution in [0.4, 0.5) is 0 Å². The summed E-state index contributed by atoms with van der Waals surface area (Å²) in [6.07, 6.45) is 4.15. The lowest BCUT2D eigenvalue weighted by atomic mass is 9.94. The fourth-order valence-corrected chi connectivity index (χ4v) is 6.37. The Kier molecular flexibility index (Phi) is 5.64. The minimum Gasteiger partial charge on any atom is -0.383 e. The van der Waals surface area contributed by atoms with Crippen LogP contribution < -0.4 is 0 Å². The molecular weight excluding hydrogens is 394 g/mol. The Morgan fingerprint density at radius 3 is 2.66 bits per heavy atom. The largest absolute Gasteiger partial charge is 0.383 e. The standard InChI is InChI=1S/C19H29N5O4S/c1-21-10-11-23-17(15-21)18(25)24(12-13-28-2)19(23)5-8-22(9-6-19)29(26,27)16-4-3-7-20-14-16/h3-4,7,14,17H,5-6,8-13,15H2,1-2H3/t17-/m1/s1. The number of rotatable bonds is 5. The van der Waals surface area contributed by atoms with Crippen LogP contribution in [0.3, 0.4) is 0 Å². The molecule has 1 aromatic rings. The molecule has 0 N–H and O–H groups in total. The molecule has 10 heteroatoms. The van der Waals surface area contributed by atoms with E-state index in [9.17, 15) is 13.2 Å². The van der Waals surface area contributed by atoms with E-state index in [1.54, 1.807) is 25.4 Å². The molecule has 3 fully saturated rings. The number of hydrogen-bond donors (Lipinski definition) is 0. The van der Waals surface area contributed by atoms with Gasteiger partial charge >= 0.3 is 0 Å². The number of carbonyl (C=O) groups is 1. The van der Waals surface area contributed by atoms with Crippen molar-refractivity contribution in [3.05, 3.63) is 24.5 Å². The Morgan fingerprint density at radius 2 is 2.00 bits per heavy atom. The van der Waals surface area contributed by atoms with Crippen molar-refractivity contribution in [3.63, 3.8) is 0 Å². The van der Waals surface area contributed by atoms with Crippen molar-refractivity contribution in [1.82, 2.24) is 24.0 Å². The number of nitrogens with zero attached hydrogens (tertiary/aromatic N) is 5. The van der Waals surface area contributed by atoms with Gasteiger partial charge in [0.2, 0.25) is 15.9 Å². The molecule has 4 rings (SSSR count). The van der Waals surface area contributed by atoms with Crippen LogP contribution in [0.5, 0.6) is 0 Å². The summed E-state index contributed by atoms with van der Waals surface area (Å²) in [5, 5.41) is 0. The van der Waals surface area contributed by atoms with Crippen molar-refractivity contribution in [2.75, 3.05) is 60.0 Å². The van der Waals surface area contributed by atoms with Gasteiger partial charge in [0.25, 0.3) is 0 Å². The maximum atomic E-state index is 13.2. The highest BCUT2D eigenvalue weighted by molar-refractivity contribution is 7.89. The summed E-state index contributed by atoms with van der Waals surface area (Å²) in [6.45, 7) is 4.19. The number of piperidine rings is 1. The SMILES string of the molecule is COCCN1C(=O)[C@H]2CN(C)CCN2C12CCN(S(=O)(=O)c1cccnc1)CC2. The molecule has 0 radical (unpaired) electrons. The number of hydrogen-bond acceptors (Lipinski definition) is 7. The lowest BCUT2D eigenvalue weighted by Crippen LogP contribution is -2.63.